The summed E-state index contributed by atoms with van der Waals surface area (Å²) < 4.78 is 0. The molecule has 4 rings (SSSR count). The van der Waals surface area contributed by atoms with Crippen LogP contribution in [0.3, 0.4) is 0 Å². The molecule has 0 bridgehead atoms. The van der Waals surface area contributed by atoms with Crippen LogP contribution >= 0.6 is 0 Å². The van der Waals surface area contributed by atoms with Crippen LogP contribution in [0.25, 0.3) is 0 Å². The summed E-state index contributed by atoms with van der Waals surface area (Å²) in [7, 11) is 0. The Labute approximate surface area is 188 Å². The summed E-state index contributed by atoms with van der Waals surface area (Å²) in [6.45, 7) is 0. The van der Waals surface area contributed by atoms with Gasteiger partial charge in [-0.1, -0.05) is 56.7 Å². The van der Waals surface area contributed by atoms with Crippen LogP contribution < -0.4 is 10.7 Å². The number of aliphatic carboxylic acids is 1. The number of carboxylic acid groups (broad SMARTS) is 1. The second-order valence-electron chi connectivity index (χ2n) is 9.08. The topological polar surface area (TPSA) is 111 Å². The first kappa shape index (κ1) is 22.3. The van der Waals surface area contributed by atoms with E-state index in [0.29, 0.717) is 5.69 Å². The number of benzene rings is 1. The van der Waals surface area contributed by atoms with Gasteiger partial charge in [0, 0.05) is 12.1 Å². The molecule has 8 heteroatoms. The highest BCUT2D eigenvalue weighted by Crippen LogP contribution is 2.33. The predicted molar refractivity (Wildman–Crippen MR) is 121 cm³/mol. The molecule has 0 radical (unpaired) electrons. The SMILES string of the molecule is O=C(O)[C@@H]1/C(=N\Nc2ccccc2)C(=O)N(C2CCCCC2)[C@@H]1C(=O)NC1CCCCC1. The zero-order valence-corrected chi connectivity index (χ0v) is 18.3. The molecule has 1 heterocycles. The number of anilines is 1. The Morgan fingerprint density at radius 3 is 2.19 bits per heavy atom. The Morgan fingerprint density at radius 2 is 1.56 bits per heavy atom. The lowest BCUT2D eigenvalue weighted by Gasteiger charge is -2.36. The molecule has 3 aliphatic rings. The Balaban J connectivity index is 1.64. The van der Waals surface area contributed by atoms with E-state index in [1.165, 1.54) is 4.90 Å². The van der Waals surface area contributed by atoms with Gasteiger partial charge in [0.2, 0.25) is 5.91 Å². The molecule has 1 aliphatic heterocycles. The number of hydrogen-bond acceptors (Lipinski definition) is 5. The van der Waals surface area contributed by atoms with Crippen molar-refractivity contribution in [2.45, 2.75) is 82.3 Å². The van der Waals surface area contributed by atoms with Crippen LogP contribution in [0.1, 0.15) is 64.2 Å². The molecule has 2 atom stereocenters. The summed E-state index contributed by atoms with van der Waals surface area (Å²) in [5, 5.41) is 17.3. The van der Waals surface area contributed by atoms with Crippen LogP contribution in [0.2, 0.25) is 0 Å². The molecule has 0 spiro atoms. The van der Waals surface area contributed by atoms with Crippen molar-refractivity contribution in [3.05, 3.63) is 30.3 Å². The molecule has 2 aliphatic carbocycles. The molecular weight excluding hydrogens is 408 g/mol. The molecule has 3 N–H and O–H groups in total. The summed E-state index contributed by atoms with van der Waals surface area (Å²) in [5.74, 6) is -3.32. The number of hydrazone groups is 1. The minimum absolute atomic E-state index is 0.0393. The first-order valence-corrected chi connectivity index (χ1v) is 11.8. The standard InChI is InChI=1S/C24H32N4O4/c29-22(25-16-10-4-1-5-11-16)21-19(24(31)32)20(27-26-17-12-6-2-7-13-17)23(30)28(21)18-14-8-3-9-15-18/h2,6-7,12-13,16,18-19,21,26H,1,3-5,8-11,14-15H2,(H,25,29)(H,31,32)/b27-20+/t19-,21+/m1/s1. The van der Waals surface area contributed by atoms with E-state index in [9.17, 15) is 19.5 Å². The summed E-state index contributed by atoms with van der Waals surface area (Å²) in [6.07, 6.45) is 9.64. The van der Waals surface area contributed by atoms with Gasteiger partial charge in [-0.25, -0.2) is 0 Å². The fraction of sp³-hybridized carbons (Fsp3) is 0.583. The van der Waals surface area contributed by atoms with Gasteiger partial charge >= 0.3 is 5.97 Å². The number of nitrogens with zero attached hydrogens (tertiary/aromatic N) is 2. The fourth-order valence-corrected chi connectivity index (χ4v) is 5.27. The third-order valence-corrected chi connectivity index (χ3v) is 6.90. The highest BCUT2D eigenvalue weighted by molar-refractivity contribution is 6.46. The Morgan fingerprint density at radius 1 is 0.938 bits per heavy atom. The van der Waals surface area contributed by atoms with Crippen LogP contribution in [0.15, 0.2) is 35.4 Å². The zero-order valence-electron chi connectivity index (χ0n) is 18.3. The van der Waals surface area contributed by atoms with Crippen molar-refractivity contribution in [1.82, 2.24) is 10.2 Å². The lowest BCUT2D eigenvalue weighted by Crippen LogP contribution is -2.54. The summed E-state index contributed by atoms with van der Waals surface area (Å²) in [5.41, 5.74) is 3.36. The largest absolute Gasteiger partial charge is 0.481 e. The molecule has 32 heavy (non-hydrogen) atoms. The number of hydrogen-bond donors (Lipinski definition) is 3. The van der Waals surface area contributed by atoms with E-state index < -0.39 is 23.8 Å². The van der Waals surface area contributed by atoms with Gasteiger partial charge in [-0.05, 0) is 37.8 Å². The van der Waals surface area contributed by atoms with Gasteiger partial charge in [0.25, 0.3) is 5.91 Å². The van der Waals surface area contributed by atoms with Crippen molar-refractivity contribution in [3.63, 3.8) is 0 Å². The fourth-order valence-electron chi connectivity index (χ4n) is 5.27. The number of nitrogens with one attached hydrogen (secondary N) is 2. The molecule has 172 valence electrons. The lowest BCUT2D eigenvalue weighted by molar-refractivity contribution is -0.146. The van der Waals surface area contributed by atoms with Gasteiger partial charge in [-0.2, -0.15) is 5.10 Å². The second kappa shape index (κ2) is 10.1. The Hall–Kier alpha value is -2.90. The van der Waals surface area contributed by atoms with E-state index in [4.69, 9.17) is 0 Å². The smallest absolute Gasteiger partial charge is 0.315 e. The van der Waals surface area contributed by atoms with Crippen molar-refractivity contribution in [2.24, 2.45) is 11.0 Å². The molecular formula is C24H32N4O4. The number of carboxylic acids is 1. The highest BCUT2D eigenvalue weighted by Gasteiger charge is 2.55. The molecule has 0 unspecified atom stereocenters. The number of carbonyl (C=O) groups excluding carboxylic acids is 2. The molecule has 0 aromatic heterocycles. The van der Waals surface area contributed by atoms with Gasteiger partial charge in [-0.3, -0.25) is 19.8 Å². The van der Waals surface area contributed by atoms with Gasteiger partial charge in [0.15, 0.2) is 0 Å². The molecule has 8 nitrogen and oxygen atoms in total. The van der Waals surface area contributed by atoms with Gasteiger partial charge < -0.3 is 15.3 Å². The van der Waals surface area contributed by atoms with Crippen molar-refractivity contribution < 1.29 is 19.5 Å². The minimum Gasteiger partial charge on any atom is -0.481 e. The van der Waals surface area contributed by atoms with Crippen LogP contribution in [-0.2, 0) is 14.4 Å². The number of likely N-dealkylation sites (tertiary alicyclic amines) is 1. The quantitative estimate of drug-likeness (QED) is 0.589. The van der Waals surface area contributed by atoms with Crippen LogP contribution in [-0.4, -0.2) is 51.6 Å². The Bertz CT molecular complexity index is 860. The predicted octanol–water partition coefficient (Wildman–Crippen LogP) is 3.15. The lowest BCUT2D eigenvalue weighted by atomic mass is 9.91. The molecule has 3 fully saturated rings. The minimum atomic E-state index is -1.30. The van der Waals surface area contributed by atoms with Gasteiger partial charge in [0.05, 0.1) is 5.69 Å². The molecule has 1 saturated heterocycles. The monoisotopic (exact) mass is 440 g/mol. The van der Waals surface area contributed by atoms with Crippen molar-refractivity contribution in [3.8, 4) is 0 Å². The van der Waals surface area contributed by atoms with Crippen molar-refractivity contribution in [1.29, 1.82) is 0 Å². The normalized spacial score (nSPS) is 26.3. The van der Waals surface area contributed by atoms with Crippen LogP contribution in [0.5, 0.6) is 0 Å². The highest BCUT2D eigenvalue weighted by atomic mass is 16.4. The van der Waals surface area contributed by atoms with E-state index in [0.717, 1.165) is 64.2 Å². The van der Waals surface area contributed by atoms with Crippen molar-refractivity contribution in [2.75, 3.05) is 5.43 Å². The molecule has 2 saturated carbocycles. The van der Waals surface area contributed by atoms with E-state index in [2.05, 4.69) is 15.8 Å². The number of rotatable bonds is 6. The Kier molecular flexibility index (Phi) is 7.07. The summed E-state index contributed by atoms with van der Waals surface area (Å²) >= 11 is 0. The molecule has 1 aromatic rings. The van der Waals surface area contributed by atoms with Crippen LogP contribution in [0, 0.1) is 5.92 Å². The third-order valence-electron chi connectivity index (χ3n) is 6.90. The third kappa shape index (κ3) is 4.79. The van der Waals surface area contributed by atoms with Gasteiger partial charge in [0.1, 0.15) is 17.7 Å². The molecule has 1 aromatic carbocycles. The van der Waals surface area contributed by atoms with E-state index in [-0.39, 0.29) is 23.7 Å². The number of carbonyl (C=O) groups is 3. The van der Waals surface area contributed by atoms with E-state index in [1.807, 2.05) is 18.2 Å². The number of amides is 2. The zero-order chi connectivity index (χ0) is 22.5. The maximum absolute atomic E-state index is 13.5. The maximum atomic E-state index is 13.5. The van der Waals surface area contributed by atoms with Crippen molar-refractivity contribution >= 4 is 29.2 Å². The summed E-state index contributed by atoms with van der Waals surface area (Å²) in [6, 6.07) is 7.90. The second-order valence-corrected chi connectivity index (χ2v) is 9.08. The van der Waals surface area contributed by atoms with E-state index >= 15 is 0 Å². The number of para-hydroxylation sites is 1. The summed E-state index contributed by atoms with van der Waals surface area (Å²) in [4.78, 5) is 40.7. The average molecular weight is 441 g/mol. The van der Waals surface area contributed by atoms with E-state index in [1.54, 1.807) is 12.1 Å². The van der Waals surface area contributed by atoms with Crippen LogP contribution in [0.4, 0.5) is 5.69 Å². The first-order valence-electron chi connectivity index (χ1n) is 11.8. The molecule has 2 amide bonds. The first-order chi connectivity index (χ1) is 15.6. The van der Waals surface area contributed by atoms with Gasteiger partial charge in [-0.15, -0.1) is 0 Å². The average Bonchev–Trinajstić information content (AvgIpc) is 3.12. The maximum Gasteiger partial charge on any atom is 0.315 e.